The second-order valence-electron chi connectivity index (χ2n) is 17.2. The number of rotatable bonds is 15. The number of anilines is 4. The number of imidazole rings is 2. The van der Waals surface area contributed by atoms with E-state index in [1.54, 1.807) is 11.2 Å². The zero-order valence-electron chi connectivity index (χ0n) is 42.1. The number of fused-ring (bicyclic) bond motifs is 2. The fourth-order valence-electron chi connectivity index (χ4n) is 8.56. The molecule has 17 heteroatoms. The number of nitro groups is 2. The van der Waals surface area contributed by atoms with Crippen molar-refractivity contribution in [3.8, 4) is 0 Å². The average molecular weight is 1010 g/mol. The number of aromatic nitrogens is 4. The number of nitro benzene ring substituents is 2. The molecular weight excluding hydrogens is 952 g/mol. The summed E-state index contributed by atoms with van der Waals surface area (Å²) in [4.78, 5) is 45.9. The third-order valence-corrected chi connectivity index (χ3v) is 13.4. The molecule has 8 rings (SSSR count). The standard InChI is InChI=1S/C28H30ClN5O3.C17H19N3.C10H13ClN2O2/c1-5-18-8-11-20(12-9-18)33(16-19-10-13-25-24(14-19)30-17-32(25)4)28(35)31-27-21(6-2)23(29)15-26(34(36)37)22(27)7-3;1-3-13-4-7-15(8-5-13)18-11-14-6-9-17-16(10-14)19-12-20(17)2;1-3-6-8(11)5-9(13(14)15)7(4-2)10(6)12/h8-15,17H,5-7,16H2,1-4H3,(H,31,35);4-10,12,18H,3,11H2,1-2H3;5H,3-4,12H2,1-2H3. The molecule has 0 unspecified atom stereocenters. The molecule has 0 aliphatic heterocycles. The van der Waals surface area contributed by atoms with Gasteiger partial charge in [0, 0.05) is 49.8 Å². The zero-order chi connectivity index (χ0) is 52.2. The monoisotopic (exact) mass is 1010 g/mol. The molecule has 0 fully saturated rings. The fraction of sp³-hybridized carbons (Fsp3) is 0.291. The van der Waals surface area contributed by atoms with E-state index in [9.17, 15) is 25.0 Å². The Hall–Kier alpha value is -7.49. The van der Waals surface area contributed by atoms with Crippen molar-refractivity contribution >= 4 is 85.4 Å². The number of aryl methyl sites for hydroxylation is 4. The van der Waals surface area contributed by atoms with Gasteiger partial charge in [-0.1, -0.05) is 101 Å². The molecule has 0 radical (unpaired) electrons. The second-order valence-corrected chi connectivity index (χ2v) is 18.0. The minimum atomic E-state index is -0.455. The van der Waals surface area contributed by atoms with Crippen LogP contribution in [0.2, 0.25) is 10.0 Å². The smallest absolute Gasteiger partial charge is 0.326 e. The quantitative estimate of drug-likeness (QED) is 0.0509. The molecule has 4 N–H and O–H groups in total. The van der Waals surface area contributed by atoms with Crippen LogP contribution in [0.4, 0.5) is 38.9 Å². The third-order valence-electron chi connectivity index (χ3n) is 12.7. The zero-order valence-corrected chi connectivity index (χ0v) is 43.6. The Bertz CT molecular complexity index is 3210. The number of urea groups is 1. The molecule has 8 aromatic rings. The molecule has 0 spiro atoms. The summed E-state index contributed by atoms with van der Waals surface area (Å²) >= 11 is 12.4. The molecule has 15 nitrogen and oxygen atoms in total. The number of nitrogen functional groups attached to an aromatic ring is 1. The van der Waals surface area contributed by atoms with Gasteiger partial charge in [-0.15, -0.1) is 0 Å². The van der Waals surface area contributed by atoms with Crippen LogP contribution in [0.3, 0.4) is 0 Å². The predicted molar refractivity (Wildman–Crippen MR) is 294 cm³/mol. The highest BCUT2D eigenvalue weighted by Crippen LogP contribution is 2.38. The van der Waals surface area contributed by atoms with Crippen LogP contribution in [0.25, 0.3) is 22.1 Å². The maximum absolute atomic E-state index is 13.9. The van der Waals surface area contributed by atoms with Gasteiger partial charge in [-0.05, 0) is 120 Å². The summed E-state index contributed by atoms with van der Waals surface area (Å²) < 4.78 is 3.98. The summed E-state index contributed by atoms with van der Waals surface area (Å²) in [6.07, 6.45) is 7.67. The number of hydrogen-bond acceptors (Lipinski definition) is 9. The fourth-order valence-corrected chi connectivity index (χ4v) is 9.23. The molecular formula is C55H62Cl2N10O5. The van der Waals surface area contributed by atoms with E-state index in [1.165, 1.54) is 28.8 Å². The van der Waals surface area contributed by atoms with E-state index in [4.69, 9.17) is 28.9 Å². The van der Waals surface area contributed by atoms with Crippen molar-refractivity contribution in [1.82, 2.24) is 19.1 Å². The first kappa shape index (κ1) is 53.9. The number of carbonyl (C=O) groups is 1. The van der Waals surface area contributed by atoms with Crippen LogP contribution in [0, 0.1) is 20.2 Å². The molecule has 72 heavy (non-hydrogen) atoms. The Morgan fingerprint density at radius 2 is 1.07 bits per heavy atom. The molecule has 0 atom stereocenters. The van der Waals surface area contributed by atoms with E-state index >= 15 is 0 Å². The minimum absolute atomic E-state index is 0.0113. The van der Waals surface area contributed by atoms with Crippen molar-refractivity contribution in [3.05, 3.63) is 184 Å². The van der Waals surface area contributed by atoms with E-state index in [0.717, 1.165) is 58.3 Å². The molecule has 0 aliphatic carbocycles. The van der Waals surface area contributed by atoms with Crippen LogP contribution in [-0.2, 0) is 65.7 Å². The van der Waals surface area contributed by atoms with Crippen LogP contribution >= 0.6 is 23.2 Å². The predicted octanol–water partition coefficient (Wildman–Crippen LogP) is 13.8. The number of halogens is 2. The number of nitrogens with one attached hydrogen (secondary N) is 2. The van der Waals surface area contributed by atoms with Gasteiger partial charge in [0.2, 0.25) is 0 Å². The van der Waals surface area contributed by atoms with E-state index in [2.05, 4.69) is 76.9 Å². The molecule has 2 amide bonds. The van der Waals surface area contributed by atoms with Gasteiger partial charge in [0.25, 0.3) is 11.4 Å². The topological polar surface area (TPSA) is 192 Å². The molecule has 0 saturated carbocycles. The lowest BCUT2D eigenvalue weighted by atomic mass is 10.0. The van der Waals surface area contributed by atoms with Gasteiger partial charge in [-0.2, -0.15) is 0 Å². The number of hydrogen-bond donors (Lipinski definition) is 3. The minimum Gasteiger partial charge on any atom is -0.398 e. The highest BCUT2D eigenvalue weighted by Gasteiger charge is 2.26. The largest absolute Gasteiger partial charge is 0.398 e. The van der Waals surface area contributed by atoms with Crippen molar-refractivity contribution in [3.63, 3.8) is 0 Å². The molecule has 2 heterocycles. The lowest BCUT2D eigenvalue weighted by molar-refractivity contribution is -0.385. The van der Waals surface area contributed by atoms with E-state index < -0.39 is 15.9 Å². The highest BCUT2D eigenvalue weighted by molar-refractivity contribution is 6.32. The molecule has 0 aliphatic rings. The summed E-state index contributed by atoms with van der Waals surface area (Å²) in [5.41, 5.74) is 19.7. The molecule has 0 bridgehead atoms. The van der Waals surface area contributed by atoms with Crippen molar-refractivity contribution < 1.29 is 14.6 Å². The molecule has 2 aromatic heterocycles. The van der Waals surface area contributed by atoms with Gasteiger partial charge in [0.15, 0.2) is 0 Å². The molecule has 6 aromatic carbocycles. The summed E-state index contributed by atoms with van der Waals surface area (Å²) in [6.45, 7) is 12.8. The Kier molecular flexibility index (Phi) is 18.4. The van der Waals surface area contributed by atoms with Crippen LogP contribution in [0.5, 0.6) is 0 Å². The van der Waals surface area contributed by atoms with Gasteiger partial charge in [0.1, 0.15) is 0 Å². The Morgan fingerprint density at radius 1 is 0.611 bits per heavy atom. The lowest BCUT2D eigenvalue weighted by Gasteiger charge is -2.25. The van der Waals surface area contributed by atoms with E-state index in [1.807, 2.05) is 99.7 Å². The number of nitrogens with two attached hydrogens (primary N) is 1. The Balaban J connectivity index is 0.000000201. The summed E-state index contributed by atoms with van der Waals surface area (Å²) in [6, 6.07) is 31.1. The van der Waals surface area contributed by atoms with Crippen LogP contribution in [-0.4, -0.2) is 35.0 Å². The van der Waals surface area contributed by atoms with E-state index in [-0.39, 0.29) is 22.9 Å². The number of benzene rings is 6. The Labute approximate surface area is 430 Å². The van der Waals surface area contributed by atoms with Gasteiger partial charge in [0.05, 0.1) is 78.0 Å². The van der Waals surface area contributed by atoms with Gasteiger partial charge < -0.3 is 25.5 Å². The first-order valence-corrected chi connectivity index (χ1v) is 24.8. The number of carbonyl (C=O) groups excluding carboxylic acids is 1. The van der Waals surface area contributed by atoms with Crippen molar-refractivity contribution in [2.75, 3.05) is 21.3 Å². The first-order valence-electron chi connectivity index (χ1n) is 24.1. The summed E-state index contributed by atoms with van der Waals surface area (Å²) in [5.74, 6) is 0. The molecule has 0 saturated heterocycles. The maximum atomic E-state index is 13.9. The first-order chi connectivity index (χ1) is 34.5. The Morgan fingerprint density at radius 3 is 1.57 bits per heavy atom. The van der Waals surface area contributed by atoms with Gasteiger partial charge in [-0.3, -0.25) is 25.1 Å². The maximum Gasteiger partial charge on any atom is 0.326 e. The van der Waals surface area contributed by atoms with Crippen LogP contribution in [0.15, 0.2) is 110 Å². The molecule has 376 valence electrons. The highest BCUT2D eigenvalue weighted by atomic mass is 35.5. The summed E-state index contributed by atoms with van der Waals surface area (Å²) in [7, 11) is 3.95. The SMILES string of the molecule is CCc1c(Cl)cc([N+](=O)[O-])c(CC)c1N.CCc1ccc(N(Cc2ccc3c(c2)ncn3C)C(=O)Nc2c(CC)c(Cl)cc([N+](=O)[O-])c2CC)cc1.CCc1ccc(NCc2ccc3c(c2)ncn3C)cc1. The van der Waals surface area contributed by atoms with Crippen LogP contribution in [0.1, 0.15) is 86.1 Å². The number of amides is 2. The van der Waals surface area contributed by atoms with Crippen molar-refractivity contribution in [2.45, 2.75) is 93.2 Å². The number of nitrogens with zero attached hydrogens (tertiary/aromatic N) is 7. The third kappa shape index (κ3) is 12.5. The summed E-state index contributed by atoms with van der Waals surface area (Å²) in [5, 5.41) is 29.6. The van der Waals surface area contributed by atoms with Crippen LogP contribution < -0.4 is 21.3 Å². The van der Waals surface area contributed by atoms with E-state index in [0.29, 0.717) is 64.5 Å². The van der Waals surface area contributed by atoms with Gasteiger partial charge >= 0.3 is 6.03 Å². The van der Waals surface area contributed by atoms with Crippen molar-refractivity contribution in [2.24, 2.45) is 14.1 Å². The second kappa shape index (κ2) is 24.6. The average Bonchev–Trinajstić information content (AvgIpc) is 3.95. The normalized spacial score (nSPS) is 10.9. The van der Waals surface area contributed by atoms with Gasteiger partial charge in [-0.25, -0.2) is 14.8 Å². The van der Waals surface area contributed by atoms with Crippen molar-refractivity contribution in [1.29, 1.82) is 0 Å². The lowest BCUT2D eigenvalue weighted by Crippen LogP contribution is -2.35.